The number of ether oxygens (including phenoxy) is 2. The summed E-state index contributed by atoms with van der Waals surface area (Å²) in [6.07, 6.45) is 3.81. The first-order valence-electron chi connectivity index (χ1n) is 6.80. The van der Waals surface area contributed by atoms with E-state index in [0.29, 0.717) is 6.61 Å². The third-order valence-corrected chi connectivity index (χ3v) is 3.47. The van der Waals surface area contributed by atoms with Gasteiger partial charge >= 0.3 is 0 Å². The van der Waals surface area contributed by atoms with E-state index in [1.165, 1.54) is 24.9 Å². The fourth-order valence-corrected chi connectivity index (χ4v) is 2.37. The summed E-state index contributed by atoms with van der Waals surface area (Å²) in [4.78, 5) is 0. The van der Waals surface area contributed by atoms with Crippen molar-refractivity contribution in [2.24, 2.45) is 5.92 Å². The predicted octanol–water partition coefficient (Wildman–Crippen LogP) is 2.60. The number of hydrogen-bond donors (Lipinski definition) is 1. The van der Waals surface area contributed by atoms with Crippen molar-refractivity contribution in [1.29, 1.82) is 0 Å². The van der Waals surface area contributed by atoms with E-state index in [4.69, 9.17) is 9.47 Å². The summed E-state index contributed by atoms with van der Waals surface area (Å²) in [5.74, 6) is 1.69. The quantitative estimate of drug-likeness (QED) is 0.786. The molecule has 0 radical (unpaired) electrons. The van der Waals surface area contributed by atoms with Crippen LogP contribution >= 0.6 is 0 Å². The highest BCUT2D eigenvalue weighted by Gasteiger charge is 2.12. The first-order valence-corrected chi connectivity index (χ1v) is 6.80. The molecule has 0 aromatic heterocycles. The molecule has 0 bridgehead atoms. The zero-order valence-electron chi connectivity index (χ0n) is 11.2. The van der Waals surface area contributed by atoms with Crippen molar-refractivity contribution in [3.05, 3.63) is 29.8 Å². The van der Waals surface area contributed by atoms with Crippen molar-refractivity contribution < 1.29 is 9.47 Å². The molecule has 1 aliphatic rings. The molecule has 1 atom stereocenters. The van der Waals surface area contributed by atoms with E-state index in [9.17, 15) is 0 Å². The van der Waals surface area contributed by atoms with Crippen LogP contribution in [0, 0.1) is 5.92 Å². The average Bonchev–Trinajstić information content (AvgIpc) is 2.45. The van der Waals surface area contributed by atoms with E-state index >= 15 is 0 Å². The zero-order valence-corrected chi connectivity index (χ0v) is 11.2. The molecule has 0 amide bonds. The molecule has 100 valence electrons. The Morgan fingerprint density at radius 1 is 1.39 bits per heavy atom. The Balaban J connectivity index is 1.65. The minimum Gasteiger partial charge on any atom is -0.497 e. The summed E-state index contributed by atoms with van der Waals surface area (Å²) in [5.41, 5.74) is 1.18. The van der Waals surface area contributed by atoms with Crippen molar-refractivity contribution >= 4 is 0 Å². The third-order valence-electron chi connectivity index (χ3n) is 3.47. The van der Waals surface area contributed by atoms with E-state index in [1.54, 1.807) is 7.11 Å². The molecular formula is C15H23NO2. The van der Waals surface area contributed by atoms with Crippen LogP contribution < -0.4 is 10.1 Å². The fraction of sp³-hybridized carbons (Fsp3) is 0.600. The van der Waals surface area contributed by atoms with Crippen LogP contribution in [-0.4, -0.2) is 26.8 Å². The Morgan fingerprint density at radius 2 is 2.33 bits per heavy atom. The summed E-state index contributed by atoms with van der Waals surface area (Å²) in [6, 6.07) is 8.06. The molecule has 1 unspecified atom stereocenters. The molecule has 3 heteroatoms. The Labute approximate surface area is 109 Å². The van der Waals surface area contributed by atoms with Crippen LogP contribution in [0.1, 0.15) is 24.8 Å². The maximum Gasteiger partial charge on any atom is 0.119 e. The molecule has 1 heterocycles. The Bertz CT molecular complexity index is 348. The molecule has 1 aromatic rings. The van der Waals surface area contributed by atoms with E-state index in [1.807, 2.05) is 18.2 Å². The monoisotopic (exact) mass is 249 g/mol. The maximum atomic E-state index is 5.74. The second-order valence-corrected chi connectivity index (χ2v) is 4.91. The lowest BCUT2D eigenvalue weighted by atomic mass is 9.97. The van der Waals surface area contributed by atoms with Crippen LogP contribution in [-0.2, 0) is 11.3 Å². The molecule has 0 saturated carbocycles. The molecule has 1 saturated heterocycles. The zero-order chi connectivity index (χ0) is 12.6. The molecule has 2 rings (SSSR count). The SMILES string of the molecule is COc1cccc(COCCC2CCCNC2)c1. The average molecular weight is 249 g/mol. The molecule has 18 heavy (non-hydrogen) atoms. The number of rotatable bonds is 6. The van der Waals surface area contributed by atoms with Gasteiger partial charge in [0.2, 0.25) is 0 Å². The molecule has 1 N–H and O–H groups in total. The second-order valence-electron chi connectivity index (χ2n) is 4.91. The van der Waals surface area contributed by atoms with Gasteiger partial charge in [-0.3, -0.25) is 0 Å². The normalized spacial score (nSPS) is 19.7. The largest absolute Gasteiger partial charge is 0.497 e. The smallest absolute Gasteiger partial charge is 0.119 e. The summed E-state index contributed by atoms with van der Waals surface area (Å²) in [7, 11) is 1.69. The van der Waals surface area contributed by atoms with Gasteiger partial charge in [-0.15, -0.1) is 0 Å². The molecular weight excluding hydrogens is 226 g/mol. The molecule has 0 spiro atoms. The van der Waals surface area contributed by atoms with Crippen molar-refractivity contribution in [3.8, 4) is 5.75 Å². The van der Waals surface area contributed by atoms with Crippen LogP contribution in [0.5, 0.6) is 5.75 Å². The number of hydrogen-bond acceptors (Lipinski definition) is 3. The molecule has 3 nitrogen and oxygen atoms in total. The third kappa shape index (κ3) is 4.31. The van der Waals surface area contributed by atoms with Crippen LogP contribution in [0.25, 0.3) is 0 Å². The van der Waals surface area contributed by atoms with Gasteiger partial charge < -0.3 is 14.8 Å². The molecule has 1 fully saturated rings. The van der Waals surface area contributed by atoms with E-state index in [0.717, 1.165) is 31.2 Å². The number of methoxy groups -OCH3 is 1. The summed E-state index contributed by atoms with van der Waals surface area (Å²) < 4.78 is 10.9. The van der Waals surface area contributed by atoms with Gasteiger partial charge in [0.15, 0.2) is 0 Å². The van der Waals surface area contributed by atoms with Gasteiger partial charge in [-0.1, -0.05) is 12.1 Å². The van der Waals surface area contributed by atoms with Crippen molar-refractivity contribution in [3.63, 3.8) is 0 Å². The van der Waals surface area contributed by atoms with Crippen LogP contribution in [0.15, 0.2) is 24.3 Å². The number of piperidine rings is 1. The Morgan fingerprint density at radius 3 is 3.11 bits per heavy atom. The van der Waals surface area contributed by atoms with E-state index in [2.05, 4.69) is 11.4 Å². The van der Waals surface area contributed by atoms with Crippen LogP contribution in [0.3, 0.4) is 0 Å². The summed E-state index contributed by atoms with van der Waals surface area (Å²) in [6.45, 7) is 3.87. The van der Waals surface area contributed by atoms with Crippen LogP contribution in [0.2, 0.25) is 0 Å². The topological polar surface area (TPSA) is 30.5 Å². The Hall–Kier alpha value is -1.06. The first kappa shape index (κ1) is 13.4. The van der Waals surface area contributed by atoms with Gasteiger partial charge in [-0.2, -0.15) is 0 Å². The van der Waals surface area contributed by atoms with E-state index < -0.39 is 0 Å². The van der Waals surface area contributed by atoms with Crippen molar-refractivity contribution in [2.45, 2.75) is 25.9 Å². The lowest BCUT2D eigenvalue weighted by Crippen LogP contribution is -2.30. The molecule has 1 aromatic carbocycles. The van der Waals surface area contributed by atoms with Gasteiger partial charge in [0.25, 0.3) is 0 Å². The van der Waals surface area contributed by atoms with Gasteiger partial charge in [0.05, 0.1) is 13.7 Å². The van der Waals surface area contributed by atoms with E-state index in [-0.39, 0.29) is 0 Å². The second kappa shape index (κ2) is 7.39. The first-order chi connectivity index (χ1) is 8.88. The fourth-order valence-electron chi connectivity index (χ4n) is 2.37. The molecule has 1 aliphatic heterocycles. The van der Waals surface area contributed by atoms with Gasteiger partial charge in [0, 0.05) is 6.61 Å². The summed E-state index contributed by atoms with van der Waals surface area (Å²) >= 11 is 0. The lowest BCUT2D eigenvalue weighted by Gasteiger charge is -2.22. The standard InChI is InChI=1S/C15H23NO2/c1-17-15-6-2-4-14(10-15)12-18-9-7-13-5-3-8-16-11-13/h2,4,6,10,13,16H,3,5,7-9,11-12H2,1H3. The number of benzene rings is 1. The molecule has 0 aliphatic carbocycles. The number of nitrogens with one attached hydrogen (secondary N) is 1. The van der Waals surface area contributed by atoms with Crippen molar-refractivity contribution in [1.82, 2.24) is 5.32 Å². The van der Waals surface area contributed by atoms with Gasteiger partial charge in [-0.05, 0) is 56.0 Å². The lowest BCUT2D eigenvalue weighted by molar-refractivity contribution is 0.103. The van der Waals surface area contributed by atoms with Crippen LogP contribution in [0.4, 0.5) is 0 Å². The van der Waals surface area contributed by atoms with Gasteiger partial charge in [0.1, 0.15) is 5.75 Å². The maximum absolute atomic E-state index is 5.74. The predicted molar refractivity (Wildman–Crippen MR) is 72.9 cm³/mol. The highest BCUT2D eigenvalue weighted by atomic mass is 16.5. The van der Waals surface area contributed by atoms with Gasteiger partial charge in [-0.25, -0.2) is 0 Å². The minimum absolute atomic E-state index is 0.678. The highest BCUT2D eigenvalue weighted by molar-refractivity contribution is 5.27. The minimum atomic E-state index is 0.678. The Kier molecular flexibility index (Phi) is 5.49. The highest BCUT2D eigenvalue weighted by Crippen LogP contribution is 2.16. The van der Waals surface area contributed by atoms with Crippen molar-refractivity contribution in [2.75, 3.05) is 26.8 Å². The summed E-state index contributed by atoms with van der Waals surface area (Å²) in [5, 5.41) is 3.44.